The van der Waals surface area contributed by atoms with Crippen LogP contribution in [-0.2, 0) is 13.6 Å². The monoisotopic (exact) mass is 415 g/mol. The quantitative estimate of drug-likeness (QED) is 0.658. The van der Waals surface area contributed by atoms with E-state index in [9.17, 15) is 9.18 Å². The molecular weight excluding hydrogens is 393 g/mol. The van der Waals surface area contributed by atoms with Crippen LogP contribution < -0.4 is 0 Å². The number of pyridine rings is 1. The zero-order chi connectivity index (χ0) is 20.7. The lowest BCUT2D eigenvalue weighted by molar-refractivity contribution is 0.0628. The van der Waals surface area contributed by atoms with E-state index in [1.54, 1.807) is 16.8 Å². The molecule has 3 heterocycles. The third-order valence-electron chi connectivity index (χ3n) is 5.43. The van der Waals surface area contributed by atoms with Gasteiger partial charge < -0.3 is 4.90 Å². The van der Waals surface area contributed by atoms with E-state index in [1.165, 1.54) is 6.07 Å². The Morgan fingerprint density at radius 3 is 2.62 bits per heavy atom. The topological polar surface area (TPSA) is 54.3 Å². The minimum absolute atomic E-state index is 0.0137. The number of fused-ring (bicyclic) bond motifs is 1. The highest BCUT2D eigenvalue weighted by atomic mass is 35.5. The summed E-state index contributed by atoms with van der Waals surface area (Å²) in [5.41, 5.74) is 3.46. The number of nitrogens with zero attached hydrogens (tertiary/aromatic N) is 5. The van der Waals surface area contributed by atoms with Gasteiger partial charge in [0.25, 0.3) is 5.91 Å². The molecule has 6 nitrogen and oxygen atoms in total. The largest absolute Gasteiger partial charge is 0.336 e. The summed E-state index contributed by atoms with van der Waals surface area (Å²) in [4.78, 5) is 21.8. The molecule has 4 rings (SSSR count). The molecular formula is C21H23ClFN5O. The van der Waals surface area contributed by atoms with E-state index in [0.717, 1.165) is 22.4 Å². The molecule has 0 spiro atoms. The molecule has 29 heavy (non-hydrogen) atoms. The average molecular weight is 416 g/mol. The van der Waals surface area contributed by atoms with Crippen LogP contribution in [0, 0.1) is 19.7 Å². The Hall–Kier alpha value is -2.51. The minimum Gasteiger partial charge on any atom is -0.336 e. The van der Waals surface area contributed by atoms with Gasteiger partial charge in [-0.25, -0.2) is 9.37 Å². The number of aryl methyl sites for hydroxylation is 3. The number of piperazine rings is 1. The van der Waals surface area contributed by atoms with Gasteiger partial charge in [-0.05, 0) is 32.0 Å². The molecule has 0 atom stereocenters. The van der Waals surface area contributed by atoms with Crippen LogP contribution in [0.1, 0.15) is 27.3 Å². The number of hydrogen-bond acceptors (Lipinski definition) is 4. The molecule has 1 amide bonds. The van der Waals surface area contributed by atoms with Gasteiger partial charge in [0.05, 0.1) is 16.6 Å². The predicted molar refractivity (Wildman–Crippen MR) is 111 cm³/mol. The fraction of sp³-hybridized carbons (Fsp3) is 0.381. The molecule has 1 aliphatic heterocycles. The lowest BCUT2D eigenvalue weighted by atomic mass is 10.1. The van der Waals surface area contributed by atoms with E-state index in [4.69, 9.17) is 11.6 Å². The first-order chi connectivity index (χ1) is 13.8. The van der Waals surface area contributed by atoms with Crippen LogP contribution in [0.5, 0.6) is 0 Å². The smallest absolute Gasteiger partial charge is 0.254 e. The third-order valence-corrected chi connectivity index (χ3v) is 5.78. The van der Waals surface area contributed by atoms with Gasteiger partial charge in [0.2, 0.25) is 0 Å². The van der Waals surface area contributed by atoms with Crippen LogP contribution in [0.3, 0.4) is 0 Å². The Kier molecular flexibility index (Phi) is 5.27. The highest BCUT2D eigenvalue weighted by Crippen LogP contribution is 2.25. The molecule has 1 saturated heterocycles. The molecule has 3 aromatic rings. The van der Waals surface area contributed by atoms with Gasteiger partial charge in [-0.15, -0.1) is 0 Å². The highest BCUT2D eigenvalue weighted by molar-refractivity contribution is 6.31. The number of benzene rings is 1. The summed E-state index contributed by atoms with van der Waals surface area (Å²) in [7, 11) is 1.84. The normalized spacial score (nSPS) is 15.3. The summed E-state index contributed by atoms with van der Waals surface area (Å²) in [5.74, 6) is -0.308. The lowest BCUT2D eigenvalue weighted by Crippen LogP contribution is -2.48. The van der Waals surface area contributed by atoms with Crippen molar-refractivity contribution in [2.24, 2.45) is 7.05 Å². The standard InChI is InChI=1S/C21H23ClFN5O/c1-13-11-15(19-14(2)25-26(3)20(19)24-13)21(29)28-9-7-27(8-10-28)12-16-17(22)5-4-6-18(16)23/h4-6,11H,7-10,12H2,1-3H3. The third kappa shape index (κ3) is 3.72. The van der Waals surface area contributed by atoms with E-state index in [1.807, 2.05) is 31.9 Å². The fourth-order valence-corrected chi connectivity index (χ4v) is 4.15. The van der Waals surface area contributed by atoms with E-state index in [-0.39, 0.29) is 11.7 Å². The Balaban J connectivity index is 1.51. The van der Waals surface area contributed by atoms with Gasteiger partial charge in [-0.3, -0.25) is 14.4 Å². The summed E-state index contributed by atoms with van der Waals surface area (Å²) in [6, 6.07) is 6.57. The Bertz CT molecular complexity index is 1070. The second-order valence-electron chi connectivity index (χ2n) is 7.49. The maximum absolute atomic E-state index is 14.1. The predicted octanol–water partition coefficient (Wildman–Crippen LogP) is 3.34. The van der Waals surface area contributed by atoms with Gasteiger partial charge in [0, 0.05) is 56.1 Å². The van der Waals surface area contributed by atoms with Crippen molar-refractivity contribution >= 4 is 28.5 Å². The minimum atomic E-state index is -0.294. The number of amides is 1. The van der Waals surface area contributed by atoms with Crippen molar-refractivity contribution in [3.8, 4) is 0 Å². The van der Waals surface area contributed by atoms with E-state index in [0.29, 0.717) is 48.9 Å². The average Bonchev–Trinajstić information content (AvgIpc) is 2.98. The number of carbonyl (C=O) groups is 1. The molecule has 0 unspecified atom stereocenters. The summed E-state index contributed by atoms with van der Waals surface area (Å²) < 4.78 is 15.8. The first-order valence-electron chi connectivity index (χ1n) is 9.60. The SMILES string of the molecule is Cc1cc(C(=O)N2CCN(Cc3c(F)cccc3Cl)CC2)c2c(C)nn(C)c2n1. The van der Waals surface area contributed by atoms with Gasteiger partial charge in [0.15, 0.2) is 5.65 Å². The van der Waals surface area contributed by atoms with Gasteiger partial charge in [-0.2, -0.15) is 5.10 Å². The first-order valence-corrected chi connectivity index (χ1v) is 9.98. The van der Waals surface area contributed by atoms with Crippen LogP contribution in [0.15, 0.2) is 24.3 Å². The molecule has 1 aromatic carbocycles. The molecule has 0 radical (unpaired) electrons. The second-order valence-corrected chi connectivity index (χ2v) is 7.89. The maximum Gasteiger partial charge on any atom is 0.254 e. The van der Waals surface area contributed by atoms with Crippen LogP contribution in [0.25, 0.3) is 11.0 Å². The number of hydrogen-bond donors (Lipinski definition) is 0. The molecule has 1 fully saturated rings. The van der Waals surface area contributed by atoms with Crippen molar-refractivity contribution in [2.45, 2.75) is 20.4 Å². The van der Waals surface area contributed by atoms with Crippen molar-refractivity contribution < 1.29 is 9.18 Å². The zero-order valence-electron chi connectivity index (χ0n) is 16.7. The van der Waals surface area contributed by atoms with E-state index < -0.39 is 0 Å². The van der Waals surface area contributed by atoms with Crippen LogP contribution in [0.4, 0.5) is 4.39 Å². The van der Waals surface area contributed by atoms with E-state index >= 15 is 0 Å². The van der Waals surface area contributed by atoms with E-state index in [2.05, 4.69) is 15.0 Å². The number of rotatable bonds is 3. The number of aromatic nitrogens is 3. The molecule has 0 saturated carbocycles. The zero-order valence-corrected chi connectivity index (χ0v) is 17.5. The molecule has 0 aliphatic carbocycles. The van der Waals surface area contributed by atoms with Gasteiger partial charge in [0.1, 0.15) is 5.82 Å². The fourth-order valence-electron chi connectivity index (χ4n) is 3.93. The molecule has 152 valence electrons. The number of halogens is 2. The van der Waals surface area contributed by atoms with Gasteiger partial charge in [-0.1, -0.05) is 17.7 Å². The highest BCUT2D eigenvalue weighted by Gasteiger charge is 2.26. The maximum atomic E-state index is 14.1. The summed E-state index contributed by atoms with van der Waals surface area (Å²) >= 11 is 6.15. The molecule has 0 bridgehead atoms. The summed E-state index contributed by atoms with van der Waals surface area (Å²) in [5, 5.41) is 5.67. The molecule has 2 aromatic heterocycles. The Morgan fingerprint density at radius 2 is 1.93 bits per heavy atom. The van der Waals surface area contributed by atoms with Crippen molar-refractivity contribution in [1.29, 1.82) is 0 Å². The van der Waals surface area contributed by atoms with Crippen molar-refractivity contribution in [1.82, 2.24) is 24.6 Å². The molecule has 0 N–H and O–H groups in total. The Labute approximate surface area is 173 Å². The lowest BCUT2D eigenvalue weighted by Gasteiger charge is -2.35. The van der Waals surface area contributed by atoms with Crippen molar-refractivity contribution in [3.63, 3.8) is 0 Å². The first kappa shape index (κ1) is 19.8. The Morgan fingerprint density at radius 1 is 1.21 bits per heavy atom. The number of carbonyl (C=O) groups excluding carboxylic acids is 1. The van der Waals surface area contributed by atoms with Crippen molar-refractivity contribution in [2.75, 3.05) is 26.2 Å². The summed E-state index contributed by atoms with van der Waals surface area (Å²) in [6.07, 6.45) is 0. The van der Waals surface area contributed by atoms with Crippen molar-refractivity contribution in [3.05, 3.63) is 57.6 Å². The summed E-state index contributed by atoms with van der Waals surface area (Å²) in [6.45, 7) is 6.69. The molecule has 8 heteroatoms. The van der Waals surface area contributed by atoms with Crippen LogP contribution >= 0.6 is 11.6 Å². The van der Waals surface area contributed by atoms with Crippen LogP contribution in [-0.4, -0.2) is 56.7 Å². The molecule has 1 aliphatic rings. The second kappa shape index (κ2) is 7.72. The van der Waals surface area contributed by atoms with Gasteiger partial charge >= 0.3 is 0 Å². The van der Waals surface area contributed by atoms with Crippen LogP contribution in [0.2, 0.25) is 5.02 Å².